The Labute approximate surface area is 288 Å². The first kappa shape index (κ1) is 27.9. The van der Waals surface area contributed by atoms with Crippen molar-refractivity contribution in [1.29, 1.82) is 0 Å². The van der Waals surface area contributed by atoms with Crippen LogP contribution in [0.25, 0.3) is 69.6 Å². The molecule has 49 heavy (non-hydrogen) atoms. The highest BCUT2D eigenvalue weighted by molar-refractivity contribution is 7.25. The van der Waals surface area contributed by atoms with E-state index in [1.165, 1.54) is 63.9 Å². The van der Waals surface area contributed by atoms with Crippen LogP contribution in [-0.2, 0) is 0 Å². The van der Waals surface area contributed by atoms with Gasteiger partial charge in [0.2, 0.25) is 0 Å². The van der Waals surface area contributed by atoms with Gasteiger partial charge in [-0.2, -0.15) is 0 Å². The molecular weight excluding hydrogens is 613 g/mol. The summed E-state index contributed by atoms with van der Waals surface area (Å²) < 4.78 is 5.02. The van der Waals surface area contributed by atoms with Crippen molar-refractivity contribution in [2.75, 3.05) is 4.90 Å². The summed E-state index contributed by atoms with van der Waals surface area (Å²) in [6.07, 6.45) is 0. The third-order valence-electron chi connectivity index (χ3n) is 9.76. The number of benzene rings is 8. The third kappa shape index (κ3) is 4.47. The zero-order valence-corrected chi connectivity index (χ0v) is 27.4. The molecule has 0 saturated carbocycles. The maximum Gasteiger partial charge on any atom is 0.0547 e. The number of nitrogens with zero attached hydrogens (tertiary/aromatic N) is 2. The van der Waals surface area contributed by atoms with E-state index < -0.39 is 0 Å². The van der Waals surface area contributed by atoms with Crippen LogP contribution in [0.4, 0.5) is 17.1 Å². The van der Waals surface area contributed by atoms with Crippen LogP contribution < -0.4 is 4.90 Å². The van der Waals surface area contributed by atoms with Gasteiger partial charge >= 0.3 is 0 Å². The fourth-order valence-electron chi connectivity index (χ4n) is 7.58. The highest BCUT2D eigenvalue weighted by Crippen LogP contribution is 2.46. The molecule has 0 amide bonds. The minimum absolute atomic E-state index is 1.12. The Kier molecular flexibility index (Phi) is 6.39. The molecule has 0 aliphatic rings. The molecule has 3 heteroatoms. The molecule has 2 aromatic heterocycles. The van der Waals surface area contributed by atoms with Crippen LogP contribution in [0.15, 0.2) is 182 Å². The maximum atomic E-state index is 2.45. The number of aromatic nitrogens is 1. The van der Waals surface area contributed by atoms with Crippen molar-refractivity contribution >= 4 is 81.1 Å². The number of hydrogen-bond acceptors (Lipinski definition) is 2. The van der Waals surface area contributed by atoms with Crippen LogP contribution >= 0.6 is 11.3 Å². The molecule has 0 atom stereocenters. The van der Waals surface area contributed by atoms with E-state index in [1.807, 2.05) is 11.3 Å². The highest BCUT2D eigenvalue weighted by Gasteiger charge is 2.21. The molecule has 0 N–H and O–H groups in total. The summed E-state index contributed by atoms with van der Waals surface area (Å²) in [4.78, 5) is 2.45. The molecule has 230 valence electrons. The first-order valence-corrected chi connectivity index (χ1v) is 17.5. The SMILES string of the molecule is c1ccc(-c2ccccc2N(c2ccc3sc4ccccc4c3c2)c2ccc3c(c2)c2c4ccccc4ccc2n3-c2ccccc2)cc1. The van der Waals surface area contributed by atoms with E-state index in [1.54, 1.807) is 0 Å². The Morgan fingerprint density at radius 1 is 0.429 bits per heavy atom. The van der Waals surface area contributed by atoms with Gasteiger partial charge in [-0.05, 0) is 83.1 Å². The highest BCUT2D eigenvalue weighted by atomic mass is 32.1. The summed E-state index contributed by atoms with van der Waals surface area (Å²) >= 11 is 1.86. The molecule has 0 spiro atoms. The first-order valence-electron chi connectivity index (χ1n) is 16.7. The Hall–Kier alpha value is -6.16. The Balaban J connectivity index is 1.29. The monoisotopic (exact) mass is 642 g/mol. The van der Waals surface area contributed by atoms with Crippen molar-refractivity contribution in [3.05, 3.63) is 182 Å². The predicted octanol–water partition coefficient (Wildman–Crippen LogP) is 13.4. The predicted molar refractivity (Wildman–Crippen MR) is 211 cm³/mol. The van der Waals surface area contributed by atoms with Crippen molar-refractivity contribution in [2.24, 2.45) is 0 Å². The second kappa shape index (κ2) is 11.2. The fraction of sp³-hybridized carbons (Fsp3) is 0. The topological polar surface area (TPSA) is 8.17 Å². The molecule has 8 aromatic carbocycles. The smallest absolute Gasteiger partial charge is 0.0547 e. The summed E-state index contributed by atoms with van der Waals surface area (Å²) in [5.74, 6) is 0. The van der Waals surface area contributed by atoms with Gasteiger partial charge in [0, 0.05) is 53.6 Å². The van der Waals surface area contributed by atoms with Gasteiger partial charge in [-0.1, -0.05) is 115 Å². The van der Waals surface area contributed by atoms with Gasteiger partial charge in [-0.15, -0.1) is 11.3 Å². The minimum atomic E-state index is 1.12. The van der Waals surface area contributed by atoms with Gasteiger partial charge in [-0.25, -0.2) is 0 Å². The molecule has 10 rings (SSSR count). The molecular formula is C46H30N2S. The van der Waals surface area contributed by atoms with Crippen LogP contribution in [0.2, 0.25) is 0 Å². The lowest BCUT2D eigenvalue weighted by Gasteiger charge is -2.28. The van der Waals surface area contributed by atoms with Crippen LogP contribution in [0.3, 0.4) is 0 Å². The molecule has 2 nitrogen and oxygen atoms in total. The van der Waals surface area contributed by atoms with Crippen molar-refractivity contribution in [2.45, 2.75) is 0 Å². The van der Waals surface area contributed by atoms with Crippen LogP contribution in [-0.4, -0.2) is 4.57 Å². The molecule has 0 unspecified atom stereocenters. The summed E-state index contributed by atoms with van der Waals surface area (Å²) in [5.41, 5.74) is 9.34. The van der Waals surface area contributed by atoms with E-state index in [2.05, 4.69) is 191 Å². The van der Waals surface area contributed by atoms with E-state index in [-0.39, 0.29) is 0 Å². The molecule has 0 bridgehead atoms. The molecule has 0 radical (unpaired) electrons. The van der Waals surface area contributed by atoms with Crippen LogP contribution in [0, 0.1) is 0 Å². The zero-order chi connectivity index (χ0) is 32.3. The number of thiophene rings is 1. The molecule has 0 aliphatic heterocycles. The molecule has 10 aromatic rings. The van der Waals surface area contributed by atoms with Gasteiger partial charge in [-0.3, -0.25) is 0 Å². The van der Waals surface area contributed by atoms with Gasteiger partial charge in [0.05, 0.1) is 16.7 Å². The average molecular weight is 643 g/mol. The van der Waals surface area contributed by atoms with Crippen molar-refractivity contribution < 1.29 is 0 Å². The van der Waals surface area contributed by atoms with E-state index in [0.717, 1.165) is 22.7 Å². The first-order chi connectivity index (χ1) is 24.3. The Morgan fingerprint density at radius 2 is 1.06 bits per heavy atom. The Bertz CT molecular complexity index is 2830. The molecule has 0 saturated heterocycles. The largest absolute Gasteiger partial charge is 0.310 e. The van der Waals surface area contributed by atoms with Gasteiger partial charge in [0.25, 0.3) is 0 Å². The minimum Gasteiger partial charge on any atom is -0.310 e. The summed E-state index contributed by atoms with van der Waals surface area (Å²) in [6.45, 7) is 0. The lowest BCUT2D eigenvalue weighted by atomic mass is 10.0. The maximum absolute atomic E-state index is 2.45. The van der Waals surface area contributed by atoms with Crippen molar-refractivity contribution in [3.8, 4) is 16.8 Å². The Morgan fingerprint density at radius 3 is 1.92 bits per heavy atom. The lowest BCUT2D eigenvalue weighted by Crippen LogP contribution is -2.11. The second-order valence-corrected chi connectivity index (χ2v) is 13.6. The van der Waals surface area contributed by atoms with Crippen molar-refractivity contribution in [1.82, 2.24) is 4.57 Å². The quantitative estimate of drug-likeness (QED) is 0.181. The normalized spacial score (nSPS) is 11.7. The number of rotatable bonds is 5. The number of anilines is 3. The van der Waals surface area contributed by atoms with Gasteiger partial charge < -0.3 is 9.47 Å². The van der Waals surface area contributed by atoms with Gasteiger partial charge in [0.1, 0.15) is 0 Å². The van der Waals surface area contributed by atoms with Crippen LogP contribution in [0.5, 0.6) is 0 Å². The van der Waals surface area contributed by atoms with E-state index in [4.69, 9.17) is 0 Å². The second-order valence-electron chi connectivity index (χ2n) is 12.6. The lowest BCUT2D eigenvalue weighted by molar-refractivity contribution is 1.18. The molecule has 0 fully saturated rings. The summed E-state index contributed by atoms with van der Waals surface area (Å²) in [6, 6.07) is 66.2. The zero-order valence-electron chi connectivity index (χ0n) is 26.6. The fourth-order valence-corrected chi connectivity index (χ4v) is 8.67. The average Bonchev–Trinajstić information content (AvgIpc) is 3.71. The van der Waals surface area contributed by atoms with Crippen molar-refractivity contribution in [3.63, 3.8) is 0 Å². The van der Waals surface area contributed by atoms with Gasteiger partial charge in [0.15, 0.2) is 0 Å². The number of fused-ring (bicyclic) bond motifs is 8. The third-order valence-corrected chi connectivity index (χ3v) is 10.9. The molecule has 0 aliphatic carbocycles. The summed E-state index contributed by atoms with van der Waals surface area (Å²) in [5, 5.41) is 7.60. The van der Waals surface area contributed by atoms with E-state index >= 15 is 0 Å². The standard InChI is InChI=1S/C46H30N2S/c1-3-13-31(14-4-1)36-18-9-11-21-41(36)47(35-25-28-45-39(29-35)38-20-10-12-22-44(38)49-45)34-24-27-42-40(30-34)46-37-19-8-7-15-32(37)23-26-43(46)48(42)33-16-5-2-6-17-33/h1-30H. The van der Waals surface area contributed by atoms with E-state index in [0.29, 0.717) is 0 Å². The number of hydrogen-bond donors (Lipinski definition) is 0. The van der Waals surface area contributed by atoms with E-state index in [9.17, 15) is 0 Å². The van der Waals surface area contributed by atoms with Crippen LogP contribution in [0.1, 0.15) is 0 Å². The number of para-hydroxylation sites is 2. The molecule has 2 heterocycles. The summed E-state index contributed by atoms with van der Waals surface area (Å²) in [7, 11) is 0.